The predicted molar refractivity (Wildman–Crippen MR) is 141 cm³/mol. The normalized spacial score (nSPS) is 16.6. The van der Waals surface area contributed by atoms with Crippen molar-refractivity contribution in [1.82, 2.24) is 4.90 Å². The zero-order valence-corrected chi connectivity index (χ0v) is 20.9. The second-order valence-corrected chi connectivity index (χ2v) is 8.81. The van der Waals surface area contributed by atoms with E-state index >= 15 is 0 Å². The van der Waals surface area contributed by atoms with Crippen LogP contribution in [-0.4, -0.2) is 28.3 Å². The third kappa shape index (κ3) is 5.18. The van der Waals surface area contributed by atoms with Crippen molar-refractivity contribution in [3.8, 4) is 11.5 Å². The molecule has 1 atom stereocenters. The molecule has 1 unspecified atom stereocenters. The average molecular weight is 510 g/mol. The number of hydrogen-bond donors (Lipinski definition) is 1. The lowest BCUT2D eigenvalue weighted by Gasteiger charge is -2.24. The standard InChI is InChI=1S/C31H27NO6/c1-2-36-25-11-6-10-23(18-25)29(33)27-28(32(31(35)30(27)34)19-26-12-7-17-37-26)22-13-15-24(16-14-22)38-20-21-8-4-3-5-9-21/h3-18,28,33H,2,19-20H2,1H3/b29-27+. The van der Waals surface area contributed by atoms with Gasteiger partial charge in [-0.25, -0.2) is 0 Å². The number of likely N-dealkylation sites (tertiary alicyclic amines) is 1. The van der Waals surface area contributed by atoms with Crippen molar-refractivity contribution in [3.05, 3.63) is 125 Å². The van der Waals surface area contributed by atoms with Crippen molar-refractivity contribution in [2.75, 3.05) is 6.61 Å². The highest BCUT2D eigenvalue weighted by Gasteiger charge is 2.46. The summed E-state index contributed by atoms with van der Waals surface area (Å²) >= 11 is 0. The fourth-order valence-electron chi connectivity index (χ4n) is 4.50. The molecule has 0 radical (unpaired) electrons. The fraction of sp³-hybridized carbons (Fsp3) is 0.161. The molecule has 0 bridgehead atoms. The molecule has 38 heavy (non-hydrogen) atoms. The lowest BCUT2D eigenvalue weighted by molar-refractivity contribution is -0.140. The van der Waals surface area contributed by atoms with Gasteiger partial charge in [0, 0.05) is 5.56 Å². The molecule has 7 heteroatoms. The van der Waals surface area contributed by atoms with E-state index < -0.39 is 17.7 Å². The smallest absolute Gasteiger partial charge is 0.296 e. The molecular formula is C31H27NO6. The second kappa shape index (κ2) is 11.1. The van der Waals surface area contributed by atoms with Gasteiger partial charge >= 0.3 is 0 Å². The molecule has 1 aliphatic heterocycles. The van der Waals surface area contributed by atoms with Gasteiger partial charge in [0.05, 0.1) is 31.0 Å². The Kier molecular flexibility index (Phi) is 7.26. The Bertz CT molecular complexity index is 1440. The minimum Gasteiger partial charge on any atom is -0.507 e. The Morgan fingerprint density at radius 1 is 0.895 bits per heavy atom. The average Bonchev–Trinajstić information content (AvgIpc) is 3.55. The quantitative estimate of drug-likeness (QED) is 0.172. The molecule has 1 amide bonds. The summed E-state index contributed by atoms with van der Waals surface area (Å²) in [6, 6.07) is 26.5. The van der Waals surface area contributed by atoms with Crippen LogP contribution in [0.25, 0.3) is 5.76 Å². The molecule has 0 spiro atoms. The summed E-state index contributed by atoms with van der Waals surface area (Å²) in [6.45, 7) is 2.80. The molecule has 7 nitrogen and oxygen atoms in total. The third-order valence-corrected chi connectivity index (χ3v) is 6.31. The molecule has 1 saturated heterocycles. The molecule has 2 heterocycles. The van der Waals surface area contributed by atoms with Crippen LogP contribution in [0.3, 0.4) is 0 Å². The molecule has 0 aliphatic carbocycles. The molecule has 192 valence electrons. The van der Waals surface area contributed by atoms with E-state index in [-0.39, 0.29) is 17.9 Å². The minimum absolute atomic E-state index is 0.00755. The van der Waals surface area contributed by atoms with Crippen LogP contribution in [0.1, 0.15) is 35.4 Å². The third-order valence-electron chi connectivity index (χ3n) is 6.31. The molecule has 1 aliphatic rings. The highest BCUT2D eigenvalue weighted by atomic mass is 16.5. The summed E-state index contributed by atoms with van der Waals surface area (Å²) in [5.74, 6) is -0.00859. The predicted octanol–water partition coefficient (Wildman–Crippen LogP) is 5.88. The van der Waals surface area contributed by atoms with Crippen LogP contribution in [0, 0.1) is 0 Å². The lowest BCUT2D eigenvalue weighted by atomic mass is 9.95. The van der Waals surface area contributed by atoms with Crippen molar-refractivity contribution in [1.29, 1.82) is 0 Å². The summed E-state index contributed by atoms with van der Waals surface area (Å²) < 4.78 is 16.9. The number of carbonyl (C=O) groups excluding carboxylic acids is 2. The maximum Gasteiger partial charge on any atom is 0.296 e. The van der Waals surface area contributed by atoms with E-state index in [2.05, 4.69) is 0 Å². The number of aliphatic hydroxyl groups is 1. The first-order valence-corrected chi connectivity index (χ1v) is 12.4. The molecule has 1 N–H and O–H groups in total. The maximum atomic E-state index is 13.3. The number of amides is 1. The van der Waals surface area contributed by atoms with E-state index in [1.54, 1.807) is 60.7 Å². The SMILES string of the molecule is CCOc1cccc(/C(O)=C2\C(=O)C(=O)N(Cc3ccco3)C2c2ccc(OCc3ccccc3)cc2)c1. The molecule has 0 saturated carbocycles. The number of benzene rings is 3. The molecule has 5 rings (SSSR count). The van der Waals surface area contributed by atoms with E-state index in [0.717, 1.165) is 5.56 Å². The van der Waals surface area contributed by atoms with Crippen LogP contribution in [0.4, 0.5) is 0 Å². The van der Waals surface area contributed by atoms with Crippen LogP contribution in [0.5, 0.6) is 11.5 Å². The summed E-state index contributed by atoms with van der Waals surface area (Å²) in [6.07, 6.45) is 1.51. The van der Waals surface area contributed by atoms with Gasteiger partial charge in [-0.3, -0.25) is 9.59 Å². The largest absolute Gasteiger partial charge is 0.507 e. The van der Waals surface area contributed by atoms with Gasteiger partial charge in [0.15, 0.2) is 0 Å². The van der Waals surface area contributed by atoms with E-state index in [0.29, 0.717) is 41.6 Å². The summed E-state index contributed by atoms with van der Waals surface area (Å²) in [5, 5.41) is 11.3. The Balaban J connectivity index is 1.51. The van der Waals surface area contributed by atoms with Crippen molar-refractivity contribution in [3.63, 3.8) is 0 Å². The number of rotatable bonds is 9. The molecule has 1 aromatic heterocycles. The number of Topliss-reactive ketones (excluding diaryl/α,β-unsaturated/α-hetero) is 1. The summed E-state index contributed by atoms with van der Waals surface area (Å²) in [4.78, 5) is 27.9. The van der Waals surface area contributed by atoms with Crippen LogP contribution in [-0.2, 0) is 22.7 Å². The van der Waals surface area contributed by atoms with E-state index in [1.807, 2.05) is 37.3 Å². The van der Waals surface area contributed by atoms with Gasteiger partial charge in [0.25, 0.3) is 11.7 Å². The molecule has 4 aromatic rings. The van der Waals surface area contributed by atoms with Crippen molar-refractivity contribution >= 4 is 17.4 Å². The Morgan fingerprint density at radius 2 is 1.68 bits per heavy atom. The first kappa shape index (κ1) is 24.9. The van der Waals surface area contributed by atoms with Crippen molar-refractivity contribution in [2.24, 2.45) is 0 Å². The number of carbonyl (C=O) groups is 2. The van der Waals surface area contributed by atoms with E-state index in [4.69, 9.17) is 13.9 Å². The Labute approximate surface area is 220 Å². The van der Waals surface area contributed by atoms with Gasteiger partial charge in [-0.05, 0) is 54.4 Å². The van der Waals surface area contributed by atoms with Gasteiger partial charge in [-0.1, -0.05) is 54.6 Å². The number of hydrogen-bond acceptors (Lipinski definition) is 6. The highest BCUT2D eigenvalue weighted by molar-refractivity contribution is 6.46. The van der Waals surface area contributed by atoms with E-state index in [1.165, 1.54) is 11.2 Å². The fourth-order valence-corrected chi connectivity index (χ4v) is 4.50. The van der Waals surface area contributed by atoms with Crippen molar-refractivity contribution in [2.45, 2.75) is 26.1 Å². The highest BCUT2D eigenvalue weighted by Crippen LogP contribution is 2.41. The van der Waals surface area contributed by atoms with Gasteiger partial charge in [0.1, 0.15) is 29.6 Å². The first-order chi connectivity index (χ1) is 18.5. The Morgan fingerprint density at radius 3 is 2.39 bits per heavy atom. The van der Waals surface area contributed by atoms with Crippen LogP contribution in [0.2, 0.25) is 0 Å². The lowest BCUT2D eigenvalue weighted by Crippen LogP contribution is -2.29. The number of ketones is 1. The van der Waals surface area contributed by atoms with Gasteiger partial charge in [-0.2, -0.15) is 0 Å². The number of furan rings is 1. The topological polar surface area (TPSA) is 89.2 Å². The zero-order chi connectivity index (χ0) is 26.5. The van der Waals surface area contributed by atoms with Crippen LogP contribution < -0.4 is 9.47 Å². The van der Waals surface area contributed by atoms with Crippen molar-refractivity contribution < 1.29 is 28.6 Å². The minimum atomic E-state index is -0.820. The van der Waals surface area contributed by atoms with Crippen LogP contribution in [0.15, 0.2) is 107 Å². The number of nitrogens with zero attached hydrogens (tertiary/aromatic N) is 1. The monoisotopic (exact) mass is 509 g/mol. The van der Waals surface area contributed by atoms with E-state index in [9.17, 15) is 14.7 Å². The van der Waals surface area contributed by atoms with Gasteiger partial charge in [0.2, 0.25) is 0 Å². The summed E-state index contributed by atoms with van der Waals surface area (Å²) in [5.41, 5.74) is 2.09. The van der Waals surface area contributed by atoms with Gasteiger partial charge in [-0.15, -0.1) is 0 Å². The second-order valence-electron chi connectivity index (χ2n) is 8.81. The molecule has 1 fully saturated rings. The number of aliphatic hydroxyl groups excluding tert-OH is 1. The maximum absolute atomic E-state index is 13.3. The molecular weight excluding hydrogens is 482 g/mol. The summed E-state index contributed by atoms with van der Waals surface area (Å²) in [7, 11) is 0. The first-order valence-electron chi connectivity index (χ1n) is 12.4. The Hall–Kier alpha value is -4.78. The van der Waals surface area contributed by atoms with Gasteiger partial charge < -0.3 is 23.9 Å². The van der Waals surface area contributed by atoms with Crippen LogP contribution >= 0.6 is 0 Å². The molecule has 3 aromatic carbocycles. The number of ether oxygens (including phenoxy) is 2. The zero-order valence-electron chi connectivity index (χ0n) is 20.9.